The van der Waals surface area contributed by atoms with Gasteiger partial charge in [0.1, 0.15) is 0 Å². The molecule has 0 bridgehead atoms. The second-order valence-corrected chi connectivity index (χ2v) is 5.95. The van der Waals surface area contributed by atoms with Crippen molar-refractivity contribution in [3.05, 3.63) is 0 Å². The first-order chi connectivity index (χ1) is 9.52. The maximum atomic E-state index is 10.6. The van der Waals surface area contributed by atoms with Gasteiger partial charge in [-0.15, -0.1) is 10.2 Å². The summed E-state index contributed by atoms with van der Waals surface area (Å²) in [5, 5.41) is 17.6. The van der Waals surface area contributed by atoms with Crippen molar-refractivity contribution in [1.29, 1.82) is 0 Å². The second kappa shape index (κ2) is 6.45. The van der Waals surface area contributed by atoms with E-state index in [1.807, 2.05) is 11.6 Å². The van der Waals surface area contributed by atoms with Gasteiger partial charge in [-0.25, -0.2) is 0 Å². The molecule has 2 unspecified atom stereocenters. The van der Waals surface area contributed by atoms with Gasteiger partial charge in [0.2, 0.25) is 5.95 Å². The maximum Gasteiger partial charge on any atom is 0.313 e. The number of nitrogens with zero attached hydrogens (tertiary/aromatic N) is 4. The van der Waals surface area contributed by atoms with E-state index in [-0.39, 0.29) is 11.9 Å². The van der Waals surface area contributed by atoms with E-state index >= 15 is 0 Å². The average molecular weight is 300 g/mol. The summed E-state index contributed by atoms with van der Waals surface area (Å²) < 4.78 is 7.34. The molecule has 1 aliphatic rings. The van der Waals surface area contributed by atoms with Gasteiger partial charge in [-0.05, 0) is 12.3 Å². The Hall–Kier alpha value is -1.28. The van der Waals surface area contributed by atoms with Crippen LogP contribution in [0.25, 0.3) is 0 Å². The van der Waals surface area contributed by atoms with Crippen molar-refractivity contribution in [2.24, 2.45) is 13.0 Å². The molecular formula is C12H20N4O3S. The van der Waals surface area contributed by atoms with E-state index in [2.05, 4.69) is 22.0 Å². The molecule has 20 heavy (non-hydrogen) atoms. The van der Waals surface area contributed by atoms with Crippen LogP contribution in [0.2, 0.25) is 0 Å². The highest BCUT2D eigenvalue weighted by atomic mass is 32.2. The normalized spacial score (nSPS) is 23.1. The highest BCUT2D eigenvalue weighted by Gasteiger charge is 2.28. The Kier molecular flexibility index (Phi) is 4.87. The number of aliphatic carboxylic acids is 1. The number of hydrogen-bond acceptors (Lipinski definition) is 6. The van der Waals surface area contributed by atoms with Crippen molar-refractivity contribution in [3.63, 3.8) is 0 Å². The van der Waals surface area contributed by atoms with Gasteiger partial charge in [0, 0.05) is 27.2 Å². The van der Waals surface area contributed by atoms with E-state index < -0.39 is 5.97 Å². The van der Waals surface area contributed by atoms with Crippen LogP contribution in [0.1, 0.15) is 13.3 Å². The molecular weight excluding hydrogens is 280 g/mol. The molecule has 2 atom stereocenters. The van der Waals surface area contributed by atoms with E-state index in [1.165, 1.54) is 11.8 Å². The first kappa shape index (κ1) is 15.1. The van der Waals surface area contributed by atoms with E-state index in [0.29, 0.717) is 11.1 Å². The topological polar surface area (TPSA) is 80.5 Å². The average Bonchev–Trinajstić information content (AvgIpc) is 2.78. The van der Waals surface area contributed by atoms with Gasteiger partial charge < -0.3 is 14.7 Å². The number of thioether (sulfide) groups is 1. The maximum absolute atomic E-state index is 10.6. The van der Waals surface area contributed by atoms with Crippen LogP contribution in [-0.4, -0.2) is 57.9 Å². The fraction of sp³-hybridized carbons (Fsp3) is 0.750. The van der Waals surface area contributed by atoms with Crippen LogP contribution in [0.3, 0.4) is 0 Å². The van der Waals surface area contributed by atoms with Gasteiger partial charge in [0.05, 0.1) is 11.9 Å². The van der Waals surface area contributed by atoms with Gasteiger partial charge in [0.25, 0.3) is 0 Å². The number of carboxylic acid groups (broad SMARTS) is 1. The molecule has 0 spiro atoms. The smallest absolute Gasteiger partial charge is 0.313 e. The van der Waals surface area contributed by atoms with Gasteiger partial charge in [-0.1, -0.05) is 18.7 Å². The Morgan fingerprint density at radius 1 is 1.55 bits per heavy atom. The summed E-state index contributed by atoms with van der Waals surface area (Å²) in [5.41, 5.74) is 0. The second-order valence-electron chi connectivity index (χ2n) is 5.01. The minimum Gasteiger partial charge on any atom is -0.481 e. The third-order valence-electron chi connectivity index (χ3n) is 3.61. The zero-order valence-corrected chi connectivity index (χ0v) is 12.8. The van der Waals surface area contributed by atoms with E-state index in [1.54, 1.807) is 7.11 Å². The number of carboxylic acids is 1. The van der Waals surface area contributed by atoms with E-state index in [4.69, 9.17) is 9.84 Å². The van der Waals surface area contributed by atoms with Crippen LogP contribution in [0, 0.1) is 5.92 Å². The van der Waals surface area contributed by atoms with Crippen molar-refractivity contribution >= 4 is 23.7 Å². The molecule has 1 saturated heterocycles. The molecule has 1 aromatic heterocycles. The molecule has 1 fully saturated rings. The lowest BCUT2D eigenvalue weighted by Crippen LogP contribution is -2.44. The molecule has 2 heterocycles. The highest BCUT2D eigenvalue weighted by molar-refractivity contribution is 7.99. The molecule has 0 radical (unpaired) electrons. The molecule has 0 aliphatic carbocycles. The first-order valence-electron chi connectivity index (χ1n) is 6.54. The quantitative estimate of drug-likeness (QED) is 0.807. The Labute approximate surface area is 122 Å². The molecule has 1 N–H and O–H groups in total. The lowest BCUT2D eigenvalue weighted by molar-refractivity contribution is -0.133. The Bertz CT molecular complexity index is 479. The fourth-order valence-corrected chi connectivity index (χ4v) is 2.98. The summed E-state index contributed by atoms with van der Waals surface area (Å²) >= 11 is 1.18. The van der Waals surface area contributed by atoms with Crippen molar-refractivity contribution in [1.82, 2.24) is 14.8 Å². The summed E-state index contributed by atoms with van der Waals surface area (Å²) in [7, 11) is 3.59. The number of methoxy groups -OCH3 is 1. The zero-order valence-electron chi connectivity index (χ0n) is 11.9. The van der Waals surface area contributed by atoms with Crippen LogP contribution < -0.4 is 4.90 Å². The standard InChI is InChI=1S/C12H20N4O3S/c1-8-4-5-16(6-9(8)19-3)11-13-14-12(15(11)2)20-7-10(17)18/h8-9H,4-7H2,1-3H3,(H,17,18). The SMILES string of the molecule is COC1CN(c2nnc(SCC(=O)O)n2C)CCC1C. The third-order valence-corrected chi connectivity index (χ3v) is 4.62. The third kappa shape index (κ3) is 3.24. The minimum atomic E-state index is -0.856. The predicted molar refractivity (Wildman–Crippen MR) is 76.2 cm³/mol. The summed E-state index contributed by atoms with van der Waals surface area (Å²) in [6.07, 6.45) is 1.23. The van der Waals surface area contributed by atoms with Crippen LogP contribution in [0.5, 0.6) is 0 Å². The van der Waals surface area contributed by atoms with Gasteiger partial charge >= 0.3 is 5.97 Å². The molecule has 0 saturated carbocycles. The highest BCUT2D eigenvalue weighted by Crippen LogP contribution is 2.25. The molecule has 1 aliphatic heterocycles. The molecule has 0 amide bonds. The molecule has 1 aromatic rings. The number of piperidine rings is 1. The lowest BCUT2D eigenvalue weighted by atomic mass is 9.96. The number of anilines is 1. The van der Waals surface area contributed by atoms with Crippen molar-refractivity contribution in [2.75, 3.05) is 30.9 Å². The minimum absolute atomic E-state index is 0.0102. The molecule has 8 heteroatoms. The summed E-state index contributed by atoms with van der Waals surface area (Å²) in [6.45, 7) is 3.89. The summed E-state index contributed by atoms with van der Waals surface area (Å²) in [6, 6.07) is 0. The predicted octanol–water partition coefficient (Wildman–Crippen LogP) is 0.853. The van der Waals surface area contributed by atoms with Crippen LogP contribution in [0.4, 0.5) is 5.95 Å². The first-order valence-corrected chi connectivity index (χ1v) is 7.53. The number of carbonyl (C=O) groups is 1. The Morgan fingerprint density at radius 3 is 2.95 bits per heavy atom. The summed E-state index contributed by atoms with van der Waals surface area (Å²) in [4.78, 5) is 12.7. The van der Waals surface area contributed by atoms with Crippen molar-refractivity contribution in [2.45, 2.75) is 24.6 Å². The number of aromatic nitrogens is 3. The Morgan fingerprint density at radius 2 is 2.30 bits per heavy atom. The number of rotatable bonds is 5. The largest absolute Gasteiger partial charge is 0.481 e. The molecule has 112 valence electrons. The van der Waals surface area contributed by atoms with E-state index in [9.17, 15) is 4.79 Å². The van der Waals surface area contributed by atoms with Crippen LogP contribution >= 0.6 is 11.8 Å². The van der Waals surface area contributed by atoms with Gasteiger partial charge in [-0.2, -0.15) is 0 Å². The molecule has 0 aromatic carbocycles. The monoisotopic (exact) mass is 300 g/mol. The van der Waals surface area contributed by atoms with Gasteiger partial charge in [0.15, 0.2) is 5.16 Å². The fourth-order valence-electron chi connectivity index (χ4n) is 2.36. The van der Waals surface area contributed by atoms with Crippen LogP contribution in [-0.2, 0) is 16.6 Å². The molecule has 2 rings (SSSR count). The zero-order chi connectivity index (χ0) is 14.7. The van der Waals surface area contributed by atoms with Gasteiger partial charge in [-0.3, -0.25) is 9.36 Å². The number of hydrogen-bond donors (Lipinski definition) is 1. The Balaban J connectivity index is 2.07. The van der Waals surface area contributed by atoms with Crippen molar-refractivity contribution in [3.8, 4) is 0 Å². The lowest BCUT2D eigenvalue weighted by Gasteiger charge is -2.36. The van der Waals surface area contributed by atoms with Crippen molar-refractivity contribution < 1.29 is 14.6 Å². The molecule has 7 nitrogen and oxygen atoms in total. The summed E-state index contributed by atoms with van der Waals surface area (Å²) in [5.74, 6) is 0.437. The van der Waals surface area contributed by atoms with Crippen LogP contribution in [0.15, 0.2) is 5.16 Å². The number of ether oxygens (including phenoxy) is 1. The van der Waals surface area contributed by atoms with E-state index in [0.717, 1.165) is 25.5 Å².